The molecule has 0 saturated carbocycles. The summed E-state index contributed by atoms with van der Waals surface area (Å²) in [6.07, 6.45) is 1.32. The number of amides is 1. The van der Waals surface area contributed by atoms with E-state index in [0.717, 1.165) is 16.9 Å². The minimum Gasteiger partial charge on any atom is -0.459 e. The van der Waals surface area contributed by atoms with Crippen LogP contribution in [-0.2, 0) is 27.4 Å². The van der Waals surface area contributed by atoms with Crippen molar-refractivity contribution in [2.24, 2.45) is 0 Å². The van der Waals surface area contributed by atoms with Crippen LogP contribution in [0.5, 0.6) is 0 Å². The number of aromatic nitrogens is 2. The average Bonchev–Trinajstić information content (AvgIpc) is 3.07. The Bertz CT molecular complexity index is 1070. The Labute approximate surface area is 171 Å². The van der Waals surface area contributed by atoms with Crippen molar-refractivity contribution in [2.45, 2.75) is 20.0 Å². The number of aryl methyl sites for hydroxylation is 1. The number of benzene rings is 1. The number of ether oxygens (including phenoxy) is 2. The Balaban J connectivity index is 1.75. The van der Waals surface area contributed by atoms with Crippen molar-refractivity contribution in [3.05, 3.63) is 63.0 Å². The molecule has 0 fully saturated rings. The van der Waals surface area contributed by atoms with Gasteiger partial charge in [-0.1, -0.05) is 30.3 Å². The van der Waals surface area contributed by atoms with E-state index in [1.165, 1.54) is 18.0 Å². The van der Waals surface area contributed by atoms with Crippen LogP contribution in [0.2, 0.25) is 0 Å². The molecule has 152 valence electrons. The maximum absolute atomic E-state index is 12.8. The normalized spacial score (nSPS) is 10.8. The maximum Gasteiger partial charge on any atom is 0.348 e. The van der Waals surface area contributed by atoms with Crippen molar-refractivity contribution < 1.29 is 19.1 Å². The topological polar surface area (TPSA) is 99.5 Å². The number of nitrogens with one attached hydrogen (secondary N) is 1. The molecule has 29 heavy (non-hydrogen) atoms. The monoisotopic (exact) mass is 415 g/mol. The van der Waals surface area contributed by atoms with Gasteiger partial charge >= 0.3 is 5.97 Å². The number of hydrogen-bond acceptors (Lipinski definition) is 7. The predicted octanol–water partition coefficient (Wildman–Crippen LogP) is 1.89. The molecule has 2 heterocycles. The smallest absolute Gasteiger partial charge is 0.348 e. The van der Waals surface area contributed by atoms with Crippen molar-refractivity contribution in [3.8, 4) is 0 Å². The Morgan fingerprint density at radius 2 is 1.97 bits per heavy atom. The lowest BCUT2D eigenvalue weighted by Crippen LogP contribution is -2.32. The molecule has 3 rings (SSSR count). The summed E-state index contributed by atoms with van der Waals surface area (Å²) in [5, 5.41) is 3.11. The SMILES string of the molecule is COCCOC(=O)c1sc2ncn(CC(=O)NCc3ccccc3)c(=O)c2c1C. The van der Waals surface area contributed by atoms with E-state index in [0.29, 0.717) is 33.8 Å². The minimum atomic E-state index is -0.519. The highest BCUT2D eigenvalue weighted by Gasteiger charge is 2.21. The van der Waals surface area contributed by atoms with Crippen LogP contribution >= 0.6 is 11.3 Å². The zero-order chi connectivity index (χ0) is 20.8. The Hall–Kier alpha value is -3.04. The predicted molar refractivity (Wildman–Crippen MR) is 109 cm³/mol. The molecule has 9 heteroatoms. The number of thiophene rings is 1. The largest absolute Gasteiger partial charge is 0.459 e. The second-order valence-corrected chi connectivity index (χ2v) is 7.30. The molecular formula is C20H21N3O5S. The van der Waals surface area contributed by atoms with Gasteiger partial charge in [0.2, 0.25) is 5.91 Å². The van der Waals surface area contributed by atoms with Gasteiger partial charge in [0.15, 0.2) is 0 Å². The molecule has 0 saturated heterocycles. The highest BCUT2D eigenvalue weighted by Crippen LogP contribution is 2.27. The van der Waals surface area contributed by atoms with Gasteiger partial charge in [-0.15, -0.1) is 11.3 Å². The Morgan fingerprint density at radius 3 is 2.69 bits per heavy atom. The summed E-state index contributed by atoms with van der Waals surface area (Å²) in [6.45, 7) is 2.31. The quantitative estimate of drug-likeness (QED) is 0.446. The average molecular weight is 415 g/mol. The lowest BCUT2D eigenvalue weighted by atomic mass is 10.2. The highest BCUT2D eigenvalue weighted by atomic mass is 32.1. The minimum absolute atomic E-state index is 0.127. The number of nitrogens with zero attached hydrogens (tertiary/aromatic N) is 2. The molecule has 0 bridgehead atoms. The van der Waals surface area contributed by atoms with Gasteiger partial charge < -0.3 is 14.8 Å². The molecule has 8 nitrogen and oxygen atoms in total. The molecule has 0 radical (unpaired) electrons. The molecule has 0 spiro atoms. The van der Waals surface area contributed by atoms with Gasteiger partial charge in [0, 0.05) is 13.7 Å². The number of carbonyl (C=O) groups is 2. The van der Waals surface area contributed by atoms with Crippen molar-refractivity contribution in [1.29, 1.82) is 0 Å². The van der Waals surface area contributed by atoms with E-state index in [1.54, 1.807) is 6.92 Å². The van der Waals surface area contributed by atoms with Crippen LogP contribution in [0.15, 0.2) is 41.5 Å². The first-order valence-electron chi connectivity index (χ1n) is 8.96. The van der Waals surface area contributed by atoms with Gasteiger partial charge in [-0.05, 0) is 18.1 Å². The summed E-state index contributed by atoms with van der Waals surface area (Å²) in [5.41, 5.74) is 1.10. The van der Waals surface area contributed by atoms with Crippen LogP contribution in [0.25, 0.3) is 10.2 Å². The summed E-state index contributed by atoms with van der Waals surface area (Å²) in [5.74, 6) is -0.821. The third kappa shape index (κ3) is 4.87. The third-order valence-electron chi connectivity index (χ3n) is 4.27. The standard InChI is InChI=1S/C20H21N3O5S/c1-13-16-18(29-17(13)20(26)28-9-8-27-2)22-12-23(19(16)25)11-15(24)21-10-14-6-4-3-5-7-14/h3-7,12H,8-11H2,1-2H3,(H,21,24). The molecule has 0 unspecified atom stereocenters. The van der Waals surface area contributed by atoms with Crippen LogP contribution < -0.4 is 10.9 Å². The molecule has 1 amide bonds. The van der Waals surface area contributed by atoms with E-state index in [2.05, 4.69) is 10.3 Å². The number of carbonyl (C=O) groups excluding carboxylic acids is 2. The molecule has 0 atom stereocenters. The van der Waals surface area contributed by atoms with Gasteiger partial charge in [0.05, 0.1) is 18.3 Å². The van der Waals surface area contributed by atoms with Crippen molar-refractivity contribution >= 4 is 33.4 Å². The fourth-order valence-corrected chi connectivity index (χ4v) is 3.79. The lowest BCUT2D eigenvalue weighted by Gasteiger charge is -2.07. The van der Waals surface area contributed by atoms with E-state index in [1.807, 2.05) is 30.3 Å². The lowest BCUT2D eigenvalue weighted by molar-refractivity contribution is -0.121. The van der Waals surface area contributed by atoms with Gasteiger partial charge in [0.25, 0.3) is 5.56 Å². The zero-order valence-corrected chi connectivity index (χ0v) is 17.0. The summed E-state index contributed by atoms with van der Waals surface area (Å²) in [7, 11) is 1.51. The van der Waals surface area contributed by atoms with Crippen molar-refractivity contribution in [3.63, 3.8) is 0 Å². The van der Waals surface area contributed by atoms with Gasteiger partial charge in [0.1, 0.15) is 22.9 Å². The second-order valence-electron chi connectivity index (χ2n) is 6.31. The molecule has 0 aliphatic carbocycles. The van der Waals surface area contributed by atoms with Crippen molar-refractivity contribution in [2.75, 3.05) is 20.3 Å². The van der Waals surface area contributed by atoms with Crippen LogP contribution in [0.4, 0.5) is 0 Å². The molecule has 2 aromatic heterocycles. The van der Waals surface area contributed by atoms with Crippen LogP contribution in [0.3, 0.4) is 0 Å². The first kappa shape index (κ1) is 20.7. The van der Waals surface area contributed by atoms with Crippen LogP contribution in [0.1, 0.15) is 20.8 Å². The molecule has 0 aliphatic rings. The maximum atomic E-state index is 12.8. The summed E-state index contributed by atoms with van der Waals surface area (Å²) >= 11 is 1.10. The van der Waals surface area contributed by atoms with Crippen LogP contribution in [0, 0.1) is 6.92 Å². The summed E-state index contributed by atoms with van der Waals surface area (Å²) < 4.78 is 11.2. The molecule has 0 aliphatic heterocycles. The van der Waals surface area contributed by atoms with Gasteiger partial charge in [-0.2, -0.15) is 0 Å². The molecule has 1 N–H and O–H groups in total. The number of rotatable bonds is 8. The fraction of sp³-hybridized carbons (Fsp3) is 0.300. The van der Waals surface area contributed by atoms with E-state index in [4.69, 9.17) is 9.47 Å². The van der Waals surface area contributed by atoms with E-state index >= 15 is 0 Å². The first-order chi connectivity index (χ1) is 14.0. The fourth-order valence-electron chi connectivity index (χ4n) is 2.76. The molecule has 1 aromatic carbocycles. The van der Waals surface area contributed by atoms with Gasteiger partial charge in [-0.25, -0.2) is 9.78 Å². The van der Waals surface area contributed by atoms with E-state index in [9.17, 15) is 14.4 Å². The third-order valence-corrected chi connectivity index (χ3v) is 5.45. The summed E-state index contributed by atoms with van der Waals surface area (Å²) in [4.78, 5) is 42.3. The number of hydrogen-bond donors (Lipinski definition) is 1. The summed E-state index contributed by atoms with van der Waals surface area (Å²) in [6, 6.07) is 9.49. The van der Waals surface area contributed by atoms with Gasteiger partial charge in [-0.3, -0.25) is 14.2 Å². The molecule has 3 aromatic rings. The van der Waals surface area contributed by atoms with E-state index < -0.39 is 5.97 Å². The Morgan fingerprint density at radius 1 is 1.21 bits per heavy atom. The molecular weight excluding hydrogens is 394 g/mol. The number of fused-ring (bicyclic) bond motifs is 1. The number of methoxy groups -OCH3 is 1. The van der Waals surface area contributed by atoms with E-state index in [-0.39, 0.29) is 24.6 Å². The van der Waals surface area contributed by atoms with Crippen LogP contribution in [-0.4, -0.2) is 41.8 Å². The zero-order valence-electron chi connectivity index (χ0n) is 16.1. The first-order valence-corrected chi connectivity index (χ1v) is 9.78. The van der Waals surface area contributed by atoms with Crippen molar-refractivity contribution in [1.82, 2.24) is 14.9 Å². The highest BCUT2D eigenvalue weighted by molar-refractivity contribution is 7.20. The Kier molecular flexibility index (Phi) is 6.73. The second kappa shape index (κ2) is 9.44. The number of esters is 1.